The van der Waals surface area contributed by atoms with Gasteiger partial charge in [0.25, 0.3) is 0 Å². The lowest BCUT2D eigenvalue weighted by Gasteiger charge is -2.27. The van der Waals surface area contributed by atoms with Gasteiger partial charge in [0, 0.05) is 18.7 Å². The lowest BCUT2D eigenvalue weighted by atomic mass is 9.85. The lowest BCUT2D eigenvalue weighted by molar-refractivity contribution is -0.123. The molecule has 0 unspecified atom stereocenters. The van der Waals surface area contributed by atoms with E-state index in [-0.39, 0.29) is 11.8 Å². The Labute approximate surface area is 110 Å². The van der Waals surface area contributed by atoms with E-state index in [0.717, 1.165) is 12.1 Å². The summed E-state index contributed by atoms with van der Waals surface area (Å²) in [7, 11) is 1.90. The second kappa shape index (κ2) is 5.55. The van der Waals surface area contributed by atoms with Crippen molar-refractivity contribution < 1.29 is 4.79 Å². The summed E-state index contributed by atoms with van der Waals surface area (Å²) >= 11 is 0. The Morgan fingerprint density at radius 2 is 1.89 bits per heavy atom. The Morgan fingerprint density at radius 1 is 1.22 bits per heavy atom. The number of carbonyl (C=O) groups excluding carboxylic acids is 1. The molecule has 1 aliphatic carbocycles. The Kier molecular flexibility index (Phi) is 4.05. The Bertz CT molecular complexity index is 399. The summed E-state index contributed by atoms with van der Waals surface area (Å²) in [6.45, 7) is 4.47. The van der Waals surface area contributed by atoms with Crippen LogP contribution in [0.15, 0.2) is 30.3 Å². The highest BCUT2D eigenvalue weighted by molar-refractivity contribution is 5.94. The fourth-order valence-electron chi connectivity index (χ4n) is 3.12. The number of para-hydroxylation sites is 1. The molecule has 0 N–H and O–H groups in total. The van der Waals surface area contributed by atoms with Crippen LogP contribution in [0.25, 0.3) is 0 Å². The van der Waals surface area contributed by atoms with E-state index in [1.165, 1.54) is 12.8 Å². The summed E-state index contributed by atoms with van der Waals surface area (Å²) < 4.78 is 0. The molecule has 1 aromatic rings. The van der Waals surface area contributed by atoms with Crippen LogP contribution in [0, 0.1) is 17.8 Å². The third-order valence-electron chi connectivity index (χ3n) is 4.22. The minimum absolute atomic E-state index is 0.218. The number of nitrogens with zero attached hydrogens (tertiary/aromatic N) is 1. The number of carbonyl (C=O) groups is 1. The summed E-state index contributed by atoms with van der Waals surface area (Å²) in [5, 5.41) is 0. The van der Waals surface area contributed by atoms with Crippen molar-refractivity contribution in [2.75, 3.05) is 11.9 Å². The Morgan fingerprint density at radius 3 is 2.50 bits per heavy atom. The van der Waals surface area contributed by atoms with Gasteiger partial charge in [-0.3, -0.25) is 4.79 Å². The van der Waals surface area contributed by atoms with E-state index in [1.807, 2.05) is 42.3 Å². The number of amides is 1. The van der Waals surface area contributed by atoms with Gasteiger partial charge in [0.05, 0.1) is 0 Å². The van der Waals surface area contributed by atoms with Crippen LogP contribution in [-0.2, 0) is 4.79 Å². The highest BCUT2D eigenvalue weighted by Crippen LogP contribution is 2.38. The SMILES string of the molecule is CC(C)[C@H]1CCC[C@H]1C(=O)N(C)c1ccccc1. The summed E-state index contributed by atoms with van der Waals surface area (Å²) in [6.07, 6.45) is 3.46. The smallest absolute Gasteiger partial charge is 0.230 e. The van der Waals surface area contributed by atoms with Crippen LogP contribution in [0.4, 0.5) is 5.69 Å². The standard InChI is InChI=1S/C16H23NO/c1-12(2)14-10-7-11-15(14)16(18)17(3)13-8-5-4-6-9-13/h4-6,8-9,12,14-15H,7,10-11H2,1-3H3/t14-,15-/m1/s1. The second-order valence-electron chi connectivity index (χ2n) is 5.68. The van der Waals surface area contributed by atoms with Gasteiger partial charge in [0.1, 0.15) is 0 Å². The molecule has 1 fully saturated rings. The van der Waals surface area contributed by atoms with Gasteiger partial charge in [-0.25, -0.2) is 0 Å². The fourth-order valence-corrected chi connectivity index (χ4v) is 3.12. The van der Waals surface area contributed by atoms with Gasteiger partial charge < -0.3 is 4.90 Å². The minimum Gasteiger partial charge on any atom is -0.315 e. The lowest BCUT2D eigenvalue weighted by Crippen LogP contribution is -2.35. The highest BCUT2D eigenvalue weighted by atomic mass is 16.2. The van der Waals surface area contributed by atoms with Crippen LogP contribution >= 0.6 is 0 Å². The first-order valence-electron chi connectivity index (χ1n) is 6.94. The Hall–Kier alpha value is -1.31. The van der Waals surface area contributed by atoms with Crippen LogP contribution < -0.4 is 4.90 Å². The van der Waals surface area contributed by atoms with Crippen LogP contribution in [0.2, 0.25) is 0 Å². The summed E-state index contributed by atoms with van der Waals surface area (Å²) in [5.41, 5.74) is 0.997. The monoisotopic (exact) mass is 245 g/mol. The molecule has 2 nitrogen and oxygen atoms in total. The van der Waals surface area contributed by atoms with Gasteiger partial charge in [-0.2, -0.15) is 0 Å². The maximum absolute atomic E-state index is 12.6. The molecule has 0 saturated heterocycles. The second-order valence-corrected chi connectivity index (χ2v) is 5.68. The molecule has 2 heteroatoms. The van der Waals surface area contributed by atoms with E-state index in [9.17, 15) is 4.79 Å². The van der Waals surface area contributed by atoms with Gasteiger partial charge in [0.2, 0.25) is 5.91 Å². The van der Waals surface area contributed by atoms with E-state index in [1.54, 1.807) is 0 Å². The zero-order valence-corrected chi connectivity index (χ0v) is 11.6. The topological polar surface area (TPSA) is 20.3 Å². The summed E-state index contributed by atoms with van der Waals surface area (Å²) in [6, 6.07) is 9.93. The molecule has 2 atom stereocenters. The van der Waals surface area contributed by atoms with Crippen molar-refractivity contribution >= 4 is 11.6 Å². The van der Waals surface area contributed by atoms with E-state index >= 15 is 0 Å². The molecule has 1 amide bonds. The molecule has 0 heterocycles. The molecule has 2 rings (SSSR count). The minimum atomic E-state index is 0.218. The van der Waals surface area contributed by atoms with E-state index < -0.39 is 0 Å². The number of hydrogen-bond acceptors (Lipinski definition) is 1. The molecule has 0 bridgehead atoms. The Balaban J connectivity index is 2.11. The van der Waals surface area contributed by atoms with Gasteiger partial charge in [-0.15, -0.1) is 0 Å². The van der Waals surface area contributed by atoms with E-state index in [0.29, 0.717) is 11.8 Å². The number of hydrogen-bond donors (Lipinski definition) is 0. The van der Waals surface area contributed by atoms with E-state index in [2.05, 4.69) is 13.8 Å². The molecule has 18 heavy (non-hydrogen) atoms. The van der Waals surface area contributed by atoms with E-state index in [4.69, 9.17) is 0 Å². The average molecular weight is 245 g/mol. The molecule has 1 aliphatic rings. The molecule has 1 saturated carbocycles. The maximum atomic E-state index is 12.6. The van der Waals surface area contributed by atoms with Gasteiger partial charge in [0.15, 0.2) is 0 Å². The molecular weight excluding hydrogens is 222 g/mol. The molecule has 98 valence electrons. The fraction of sp³-hybridized carbons (Fsp3) is 0.562. The zero-order chi connectivity index (χ0) is 13.1. The summed E-state index contributed by atoms with van der Waals surface area (Å²) in [4.78, 5) is 14.4. The van der Waals surface area contributed by atoms with Crippen molar-refractivity contribution in [1.29, 1.82) is 0 Å². The number of anilines is 1. The van der Waals surface area contributed by atoms with Crippen molar-refractivity contribution in [2.24, 2.45) is 17.8 Å². The molecule has 0 radical (unpaired) electrons. The highest BCUT2D eigenvalue weighted by Gasteiger charge is 2.36. The van der Waals surface area contributed by atoms with Crippen molar-refractivity contribution in [2.45, 2.75) is 33.1 Å². The third-order valence-corrected chi connectivity index (χ3v) is 4.22. The summed E-state index contributed by atoms with van der Waals surface area (Å²) in [5.74, 6) is 1.67. The van der Waals surface area contributed by atoms with Gasteiger partial charge >= 0.3 is 0 Å². The zero-order valence-electron chi connectivity index (χ0n) is 11.6. The van der Waals surface area contributed by atoms with Crippen molar-refractivity contribution in [3.63, 3.8) is 0 Å². The largest absolute Gasteiger partial charge is 0.315 e. The van der Waals surface area contributed by atoms with Crippen molar-refractivity contribution in [1.82, 2.24) is 0 Å². The van der Waals surface area contributed by atoms with Crippen molar-refractivity contribution in [3.8, 4) is 0 Å². The quantitative estimate of drug-likeness (QED) is 0.794. The first-order chi connectivity index (χ1) is 8.61. The maximum Gasteiger partial charge on any atom is 0.230 e. The van der Waals surface area contributed by atoms with Crippen LogP contribution in [0.1, 0.15) is 33.1 Å². The predicted octanol–water partition coefficient (Wildman–Crippen LogP) is 3.72. The van der Waals surface area contributed by atoms with Gasteiger partial charge in [-0.05, 0) is 36.8 Å². The molecule has 0 aromatic heterocycles. The van der Waals surface area contributed by atoms with Crippen molar-refractivity contribution in [3.05, 3.63) is 30.3 Å². The molecule has 1 aromatic carbocycles. The molecular formula is C16H23NO. The first-order valence-corrected chi connectivity index (χ1v) is 6.94. The van der Waals surface area contributed by atoms with Crippen LogP contribution in [0.5, 0.6) is 0 Å². The first kappa shape index (κ1) is 13.1. The van der Waals surface area contributed by atoms with Crippen LogP contribution in [-0.4, -0.2) is 13.0 Å². The molecule has 0 spiro atoms. The number of rotatable bonds is 3. The average Bonchev–Trinajstić information content (AvgIpc) is 2.87. The van der Waals surface area contributed by atoms with Crippen LogP contribution in [0.3, 0.4) is 0 Å². The normalized spacial score (nSPS) is 23.3. The molecule has 0 aliphatic heterocycles. The van der Waals surface area contributed by atoms with Gasteiger partial charge in [-0.1, -0.05) is 38.5 Å². The third kappa shape index (κ3) is 2.58. The number of benzene rings is 1. The predicted molar refractivity (Wildman–Crippen MR) is 75.5 cm³/mol.